The van der Waals surface area contributed by atoms with Crippen molar-refractivity contribution in [3.8, 4) is 0 Å². The molecule has 1 fully saturated rings. The van der Waals surface area contributed by atoms with E-state index in [1.807, 2.05) is 18.7 Å². The van der Waals surface area contributed by atoms with Crippen molar-refractivity contribution in [1.82, 2.24) is 9.97 Å². The van der Waals surface area contributed by atoms with Crippen LogP contribution in [0, 0.1) is 6.92 Å². The van der Waals surface area contributed by atoms with E-state index in [9.17, 15) is 0 Å². The summed E-state index contributed by atoms with van der Waals surface area (Å²) in [5.41, 5.74) is 2.13. The highest BCUT2D eigenvalue weighted by atomic mass is 35.5. The van der Waals surface area contributed by atoms with Crippen LogP contribution in [0.25, 0.3) is 0 Å². The van der Waals surface area contributed by atoms with Crippen molar-refractivity contribution in [2.24, 2.45) is 0 Å². The van der Waals surface area contributed by atoms with Gasteiger partial charge in [-0.2, -0.15) is 11.8 Å². The Morgan fingerprint density at radius 2 is 2.27 bits per heavy atom. The van der Waals surface area contributed by atoms with Crippen LogP contribution in [0.5, 0.6) is 0 Å². The monoisotopic (exact) mass is 242 g/mol. The molecule has 1 aliphatic heterocycles. The molecule has 0 aromatic carbocycles. The smallest absolute Gasteiger partial charge is 0.143 e. The Hall–Kier alpha value is -0.280. The standard InChI is InChI=1S/C11H15ClN2S/c1-3-8-7(2)10(12)14-11(13-8)9-5-4-6-15-9/h9H,3-6H2,1-2H3. The van der Waals surface area contributed by atoms with Crippen molar-refractivity contribution in [2.45, 2.75) is 38.4 Å². The normalized spacial score (nSPS) is 20.9. The van der Waals surface area contributed by atoms with Crippen LogP contribution in [0.3, 0.4) is 0 Å². The number of halogens is 1. The molecule has 0 radical (unpaired) electrons. The molecule has 1 aliphatic rings. The van der Waals surface area contributed by atoms with Crippen LogP contribution in [-0.4, -0.2) is 15.7 Å². The third-order valence-electron chi connectivity index (χ3n) is 2.76. The first-order valence-corrected chi connectivity index (χ1v) is 6.79. The average molecular weight is 243 g/mol. The molecule has 0 bridgehead atoms. The highest BCUT2D eigenvalue weighted by Gasteiger charge is 2.22. The summed E-state index contributed by atoms with van der Waals surface area (Å²) >= 11 is 8.06. The van der Waals surface area contributed by atoms with Crippen molar-refractivity contribution in [1.29, 1.82) is 0 Å². The number of thioether (sulfide) groups is 1. The Kier molecular flexibility index (Phi) is 3.52. The van der Waals surface area contributed by atoms with Gasteiger partial charge in [-0.1, -0.05) is 18.5 Å². The van der Waals surface area contributed by atoms with Crippen molar-refractivity contribution < 1.29 is 0 Å². The van der Waals surface area contributed by atoms with Gasteiger partial charge in [-0.15, -0.1) is 0 Å². The first kappa shape index (κ1) is 11.2. The minimum atomic E-state index is 0.466. The van der Waals surface area contributed by atoms with Crippen LogP contribution in [0.4, 0.5) is 0 Å². The molecule has 0 amide bonds. The van der Waals surface area contributed by atoms with E-state index in [2.05, 4.69) is 16.9 Å². The van der Waals surface area contributed by atoms with Crippen molar-refractivity contribution in [3.05, 3.63) is 22.2 Å². The van der Waals surface area contributed by atoms with Crippen molar-refractivity contribution in [2.75, 3.05) is 5.75 Å². The number of hydrogen-bond acceptors (Lipinski definition) is 3. The lowest BCUT2D eigenvalue weighted by Crippen LogP contribution is -2.04. The highest BCUT2D eigenvalue weighted by Crippen LogP contribution is 2.38. The summed E-state index contributed by atoms with van der Waals surface area (Å²) in [5.74, 6) is 2.16. The van der Waals surface area contributed by atoms with Crippen LogP contribution in [0.1, 0.15) is 42.1 Å². The molecule has 2 rings (SSSR count). The fourth-order valence-corrected chi connectivity index (χ4v) is 3.22. The predicted molar refractivity (Wildman–Crippen MR) is 65.6 cm³/mol. The lowest BCUT2D eigenvalue weighted by atomic mass is 10.2. The maximum Gasteiger partial charge on any atom is 0.143 e. The fraction of sp³-hybridized carbons (Fsp3) is 0.636. The highest BCUT2D eigenvalue weighted by molar-refractivity contribution is 7.99. The van der Waals surface area contributed by atoms with E-state index in [1.165, 1.54) is 18.6 Å². The van der Waals surface area contributed by atoms with Gasteiger partial charge in [0.25, 0.3) is 0 Å². The van der Waals surface area contributed by atoms with E-state index >= 15 is 0 Å². The maximum absolute atomic E-state index is 6.12. The molecule has 15 heavy (non-hydrogen) atoms. The Bertz CT molecular complexity index is 362. The van der Waals surface area contributed by atoms with Crippen LogP contribution in [-0.2, 0) is 6.42 Å². The van der Waals surface area contributed by atoms with Gasteiger partial charge >= 0.3 is 0 Å². The molecule has 1 aromatic rings. The Labute approximate surface area is 99.8 Å². The number of rotatable bonds is 2. The third kappa shape index (κ3) is 2.28. The van der Waals surface area contributed by atoms with Gasteiger partial charge in [0.15, 0.2) is 0 Å². The summed E-state index contributed by atoms with van der Waals surface area (Å²) in [6.45, 7) is 4.10. The molecule has 1 atom stereocenters. The molecule has 0 spiro atoms. The molecule has 0 saturated carbocycles. The van der Waals surface area contributed by atoms with Gasteiger partial charge in [-0.3, -0.25) is 0 Å². The molecule has 1 saturated heterocycles. The van der Waals surface area contributed by atoms with Gasteiger partial charge in [0.1, 0.15) is 11.0 Å². The first-order valence-electron chi connectivity index (χ1n) is 5.37. The SMILES string of the molecule is CCc1nc(C2CCCS2)nc(Cl)c1C. The van der Waals surface area contributed by atoms with Crippen molar-refractivity contribution in [3.63, 3.8) is 0 Å². The second-order valence-corrected chi connectivity index (χ2v) is 5.47. The number of aryl methyl sites for hydroxylation is 1. The quantitative estimate of drug-likeness (QED) is 0.742. The first-order chi connectivity index (χ1) is 7.22. The maximum atomic E-state index is 6.12. The van der Waals surface area contributed by atoms with E-state index in [-0.39, 0.29) is 0 Å². The largest absolute Gasteiger partial charge is 0.236 e. The molecular formula is C11H15ClN2S. The number of hydrogen-bond donors (Lipinski definition) is 0. The van der Waals surface area contributed by atoms with Crippen LogP contribution < -0.4 is 0 Å². The van der Waals surface area contributed by atoms with Crippen LogP contribution in [0.15, 0.2) is 0 Å². The molecule has 0 N–H and O–H groups in total. The topological polar surface area (TPSA) is 25.8 Å². The molecule has 2 nitrogen and oxygen atoms in total. The van der Waals surface area contributed by atoms with Gasteiger partial charge in [-0.05, 0) is 31.9 Å². The van der Waals surface area contributed by atoms with Crippen LogP contribution >= 0.6 is 23.4 Å². The second-order valence-electron chi connectivity index (χ2n) is 3.80. The molecule has 0 aliphatic carbocycles. The second kappa shape index (κ2) is 4.71. The van der Waals surface area contributed by atoms with Gasteiger partial charge in [0.05, 0.1) is 5.25 Å². The lowest BCUT2D eigenvalue weighted by molar-refractivity contribution is 0.762. The summed E-state index contributed by atoms with van der Waals surface area (Å²) in [5, 5.41) is 1.10. The van der Waals surface area contributed by atoms with Gasteiger partial charge in [0.2, 0.25) is 0 Å². The van der Waals surface area contributed by atoms with E-state index < -0.39 is 0 Å². The van der Waals surface area contributed by atoms with E-state index in [0.29, 0.717) is 10.4 Å². The molecule has 82 valence electrons. The van der Waals surface area contributed by atoms with Gasteiger partial charge < -0.3 is 0 Å². The molecule has 1 aromatic heterocycles. The summed E-state index contributed by atoms with van der Waals surface area (Å²) in [7, 11) is 0. The van der Waals surface area contributed by atoms with E-state index in [4.69, 9.17) is 11.6 Å². The summed E-state index contributed by atoms with van der Waals surface area (Å²) in [6, 6.07) is 0. The minimum absolute atomic E-state index is 0.466. The molecule has 1 unspecified atom stereocenters. The Balaban J connectivity index is 2.35. The summed E-state index contributed by atoms with van der Waals surface area (Å²) in [6.07, 6.45) is 3.39. The third-order valence-corrected chi connectivity index (χ3v) is 4.50. The predicted octanol–water partition coefficient (Wildman–Crippen LogP) is 3.57. The minimum Gasteiger partial charge on any atom is -0.236 e. The molecule has 2 heterocycles. The van der Waals surface area contributed by atoms with Gasteiger partial charge in [0, 0.05) is 11.3 Å². The Morgan fingerprint density at radius 1 is 1.47 bits per heavy atom. The molecule has 4 heteroatoms. The fourth-order valence-electron chi connectivity index (χ4n) is 1.82. The average Bonchev–Trinajstić information content (AvgIpc) is 2.75. The number of nitrogens with zero attached hydrogens (tertiary/aromatic N) is 2. The lowest BCUT2D eigenvalue weighted by Gasteiger charge is -2.11. The van der Waals surface area contributed by atoms with Crippen molar-refractivity contribution >= 4 is 23.4 Å². The zero-order chi connectivity index (χ0) is 10.8. The Morgan fingerprint density at radius 3 is 2.87 bits per heavy atom. The zero-order valence-corrected chi connectivity index (χ0v) is 10.7. The number of aromatic nitrogens is 2. The van der Waals surface area contributed by atoms with E-state index in [0.717, 1.165) is 23.5 Å². The van der Waals surface area contributed by atoms with E-state index in [1.54, 1.807) is 0 Å². The van der Waals surface area contributed by atoms with Gasteiger partial charge in [-0.25, -0.2) is 9.97 Å². The molecular weight excluding hydrogens is 228 g/mol. The summed E-state index contributed by atoms with van der Waals surface area (Å²) in [4.78, 5) is 9.01. The zero-order valence-electron chi connectivity index (χ0n) is 9.09. The van der Waals surface area contributed by atoms with Crippen LogP contribution in [0.2, 0.25) is 5.15 Å². The summed E-state index contributed by atoms with van der Waals surface area (Å²) < 4.78 is 0.